The van der Waals surface area contributed by atoms with Crippen LogP contribution in [-0.2, 0) is 14.8 Å². The van der Waals surface area contributed by atoms with E-state index < -0.39 is 15.9 Å². The number of anilines is 1. The smallest absolute Gasteiger partial charge is 0.252 e. The predicted molar refractivity (Wildman–Crippen MR) is 91.8 cm³/mol. The summed E-state index contributed by atoms with van der Waals surface area (Å²) < 4.78 is 26.0. The minimum Gasteiger partial charge on any atom is -0.299 e. The van der Waals surface area contributed by atoms with Gasteiger partial charge in [0.15, 0.2) is 0 Å². The lowest BCUT2D eigenvalue weighted by molar-refractivity contribution is -0.116. The highest BCUT2D eigenvalue weighted by Crippen LogP contribution is 2.27. The lowest BCUT2D eigenvalue weighted by Crippen LogP contribution is -2.34. The van der Waals surface area contributed by atoms with E-state index in [0.29, 0.717) is 9.47 Å². The van der Waals surface area contributed by atoms with Crippen LogP contribution < -0.4 is 5.32 Å². The second kappa shape index (κ2) is 7.22. The average Bonchev–Trinajstić information content (AvgIpc) is 3.07. The first kappa shape index (κ1) is 18.3. The highest BCUT2D eigenvalue weighted by atomic mass is 35.5. The number of sulfonamides is 1. The molecule has 0 atom stereocenters. The second-order valence-corrected chi connectivity index (χ2v) is 9.96. The van der Waals surface area contributed by atoms with E-state index in [1.54, 1.807) is 0 Å². The Hall–Kier alpha value is -1.07. The topological polar surface area (TPSA) is 92.3 Å². The van der Waals surface area contributed by atoms with Crippen LogP contribution in [0.15, 0.2) is 16.3 Å². The summed E-state index contributed by atoms with van der Waals surface area (Å²) in [5, 5.41) is 11.5. The number of amides is 1. The zero-order valence-electron chi connectivity index (χ0n) is 12.6. The molecule has 126 valence electrons. The number of thiophene rings is 1. The zero-order valence-corrected chi connectivity index (χ0v) is 15.8. The molecule has 0 aliphatic carbocycles. The predicted octanol–water partition coefficient (Wildman–Crippen LogP) is 2.64. The molecule has 0 aliphatic heterocycles. The summed E-state index contributed by atoms with van der Waals surface area (Å²) in [7, 11) is -2.40. The van der Waals surface area contributed by atoms with Gasteiger partial charge in [-0.25, -0.2) is 8.42 Å². The van der Waals surface area contributed by atoms with Crippen LogP contribution in [0.5, 0.6) is 0 Å². The first-order valence-corrected chi connectivity index (χ1v) is 10.00. The van der Waals surface area contributed by atoms with Crippen LogP contribution in [0.3, 0.4) is 0 Å². The molecule has 0 spiro atoms. The van der Waals surface area contributed by atoms with Crippen LogP contribution in [-0.4, -0.2) is 42.4 Å². The maximum Gasteiger partial charge on any atom is 0.252 e. The van der Waals surface area contributed by atoms with Crippen molar-refractivity contribution in [1.82, 2.24) is 14.5 Å². The lowest BCUT2D eigenvalue weighted by Gasteiger charge is -2.14. The van der Waals surface area contributed by atoms with E-state index >= 15 is 0 Å². The number of aromatic nitrogens is 2. The van der Waals surface area contributed by atoms with Crippen molar-refractivity contribution in [2.75, 3.05) is 18.9 Å². The van der Waals surface area contributed by atoms with Gasteiger partial charge < -0.3 is 0 Å². The number of likely N-dealkylation sites (N-methyl/N-ethyl adjacent to an activating group) is 1. The molecule has 0 bridgehead atoms. The molecule has 0 radical (unpaired) electrons. The number of nitrogens with one attached hydrogen (secondary N) is 1. The maximum absolute atomic E-state index is 12.3. The molecule has 23 heavy (non-hydrogen) atoms. The van der Waals surface area contributed by atoms with Crippen molar-refractivity contribution in [3.05, 3.63) is 21.5 Å². The second-order valence-electron chi connectivity index (χ2n) is 4.97. The van der Waals surface area contributed by atoms with Crippen LogP contribution in [0.4, 0.5) is 5.13 Å². The summed E-state index contributed by atoms with van der Waals surface area (Å²) in [5.74, 6) is -0.269. The molecule has 0 fully saturated rings. The van der Waals surface area contributed by atoms with Gasteiger partial charge in [-0.2, -0.15) is 4.31 Å². The Kier molecular flexibility index (Phi) is 5.74. The van der Waals surface area contributed by atoms with Gasteiger partial charge in [0.05, 0.1) is 10.9 Å². The summed E-state index contributed by atoms with van der Waals surface area (Å²) in [6, 6.07) is 2.91. The minimum atomic E-state index is -3.74. The molecule has 2 rings (SSSR count). The summed E-state index contributed by atoms with van der Waals surface area (Å²) in [5.41, 5.74) is 0. The van der Waals surface area contributed by atoms with E-state index in [0.717, 1.165) is 20.6 Å². The van der Waals surface area contributed by atoms with E-state index in [9.17, 15) is 13.2 Å². The van der Waals surface area contributed by atoms with E-state index in [4.69, 9.17) is 11.6 Å². The summed E-state index contributed by atoms with van der Waals surface area (Å²) >= 11 is 7.96. The molecule has 1 amide bonds. The zero-order chi connectivity index (χ0) is 17.2. The molecule has 2 aromatic rings. The van der Waals surface area contributed by atoms with Crippen molar-refractivity contribution >= 4 is 55.3 Å². The Balaban J connectivity index is 2.01. The third-order valence-corrected chi connectivity index (χ3v) is 7.40. The Morgan fingerprint density at radius 2 is 2.04 bits per heavy atom. The van der Waals surface area contributed by atoms with Gasteiger partial charge in [0.1, 0.15) is 9.22 Å². The van der Waals surface area contributed by atoms with Crippen LogP contribution in [0.25, 0.3) is 0 Å². The third-order valence-electron chi connectivity index (χ3n) is 2.76. The number of halogens is 1. The van der Waals surface area contributed by atoms with E-state index in [1.165, 1.54) is 30.5 Å². The number of hydrogen-bond donors (Lipinski definition) is 1. The van der Waals surface area contributed by atoms with E-state index in [-0.39, 0.29) is 16.7 Å². The Bertz CT molecular complexity index is 800. The van der Waals surface area contributed by atoms with Crippen LogP contribution in [0, 0.1) is 0 Å². The van der Waals surface area contributed by atoms with Crippen molar-refractivity contribution in [3.8, 4) is 0 Å². The normalized spacial score (nSPS) is 12.1. The number of carbonyl (C=O) groups is 1. The van der Waals surface area contributed by atoms with Crippen molar-refractivity contribution < 1.29 is 13.2 Å². The molecule has 1 N–H and O–H groups in total. The van der Waals surface area contributed by atoms with Crippen molar-refractivity contribution in [2.45, 2.75) is 24.0 Å². The van der Waals surface area contributed by atoms with Gasteiger partial charge in [0, 0.05) is 13.0 Å². The molecular formula is C12H15ClN4O3S3. The molecule has 0 saturated heterocycles. The number of hydrogen-bond acceptors (Lipinski definition) is 7. The van der Waals surface area contributed by atoms with Crippen molar-refractivity contribution in [1.29, 1.82) is 0 Å². The van der Waals surface area contributed by atoms with Crippen molar-refractivity contribution in [3.63, 3.8) is 0 Å². The van der Waals surface area contributed by atoms with Gasteiger partial charge in [-0.15, -0.1) is 21.5 Å². The van der Waals surface area contributed by atoms with Crippen molar-refractivity contribution in [2.24, 2.45) is 0 Å². The first-order valence-electron chi connectivity index (χ1n) is 6.55. The molecule has 11 heteroatoms. The summed E-state index contributed by atoms with van der Waals surface area (Å²) in [4.78, 5) is 12.0. The lowest BCUT2D eigenvalue weighted by atomic mass is 10.2. The number of rotatable bonds is 6. The fraction of sp³-hybridized carbons (Fsp3) is 0.417. The van der Waals surface area contributed by atoms with Crippen LogP contribution in [0.1, 0.15) is 24.8 Å². The summed E-state index contributed by atoms with van der Waals surface area (Å²) in [6.07, 6.45) is 0. The van der Waals surface area contributed by atoms with Gasteiger partial charge >= 0.3 is 0 Å². The quantitative estimate of drug-likeness (QED) is 0.812. The van der Waals surface area contributed by atoms with E-state index in [2.05, 4.69) is 15.5 Å². The fourth-order valence-electron chi connectivity index (χ4n) is 1.55. The molecule has 0 aromatic carbocycles. The Morgan fingerprint density at radius 1 is 1.35 bits per heavy atom. The van der Waals surface area contributed by atoms with Gasteiger partial charge in [0.25, 0.3) is 10.0 Å². The summed E-state index contributed by atoms with van der Waals surface area (Å²) in [6.45, 7) is 3.62. The molecular weight excluding hydrogens is 380 g/mol. The Labute approximate surface area is 147 Å². The van der Waals surface area contributed by atoms with Gasteiger partial charge in [0.2, 0.25) is 11.0 Å². The molecule has 0 saturated carbocycles. The molecule has 2 heterocycles. The van der Waals surface area contributed by atoms with Gasteiger partial charge in [-0.3, -0.25) is 10.1 Å². The van der Waals surface area contributed by atoms with Crippen LogP contribution >= 0.6 is 34.3 Å². The molecule has 0 unspecified atom stereocenters. The maximum atomic E-state index is 12.3. The van der Waals surface area contributed by atoms with Gasteiger partial charge in [-0.05, 0) is 12.1 Å². The number of nitrogens with zero attached hydrogens (tertiary/aromatic N) is 3. The van der Waals surface area contributed by atoms with Crippen LogP contribution in [0.2, 0.25) is 4.34 Å². The average molecular weight is 395 g/mol. The molecule has 7 nitrogen and oxygen atoms in total. The minimum absolute atomic E-state index is 0.0933. The highest BCUT2D eigenvalue weighted by Gasteiger charge is 2.25. The van der Waals surface area contributed by atoms with Gasteiger partial charge in [-0.1, -0.05) is 36.8 Å². The third kappa shape index (κ3) is 4.48. The molecule has 0 aliphatic rings. The SMILES string of the molecule is CC(C)c1nnc(NC(=O)CN(C)S(=O)(=O)c2ccc(Cl)s2)s1. The monoisotopic (exact) mass is 394 g/mol. The standard InChI is InChI=1S/C12H15ClN4O3S3/c1-7(2)11-15-16-12(22-11)14-9(18)6-17(3)23(19,20)10-5-4-8(13)21-10/h4-5,7H,6H2,1-3H3,(H,14,16,18). The molecule has 2 aromatic heterocycles. The fourth-order valence-corrected chi connectivity index (χ4v) is 5.14. The highest BCUT2D eigenvalue weighted by molar-refractivity contribution is 7.91. The van der Waals surface area contributed by atoms with E-state index in [1.807, 2.05) is 13.8 Å². The largest absolute Gasteiger partial charge is 0.299 e. The Morgan fingerprint density at radius 3 is 2.57 bits per heavy atom. The number of carbonyl (C=O) groups excluding carboxylic acids is 1. The first-order chi connectivity index (χ1) is 10.7.